The number of hydrogen-bond acceptors (Lipinski definition) is 3. The highest BCUT2D eigenvalue weighted by atomic mass is 16.5. The van der Waals surface area contributed by atoms with Crippen LogP contribution in [0.25, 0.3) is 0 Å². The van der Waals surface area contributed by atoms with Gasteiger partial charge in [0.25, 0.3) is 0 Å². The first kappa shape index (κ1) is 15.0. The van der Waals surface area contributed by atoms with Crippen molar-refractivity contribution in [3.8, 4) is 5.75 Å². The predicted octanol–water partition coefficient (Wildman–Crippen LogP) is 3.40. The second-order valence-electron chi connectivity index (χ2n) is 5.85. The summed E-state index contributed by atoms with van der Waals surface area (Å²) in [6.07, 6.45) is 4.36. The molecule has 3 nitrogen and oxygen atoms in total. The van der Waals surface area contributed by atoms with E-state index >= 15 is 0 Å². The summed E-state index contributed by atoms with van der Waals surface area (Å²) in [7, 11) is 3.31. The van der Waals surface area contributed by atoms with Gasteiger partial charge in [-0.05, 0) is 42.9 Å². The number of carbonyl (C=O) groups excluding carboxylic acids is 1. The molecule has 1 aliphatic rings. The van der Waals surface area contributed by atoms with Crippen molar-refractivity contribution in [1.29, 1.82) is 0 Å². The predicted molar refractivity (Wildman–Crippen MR) is 79.1 cm³/mol. The molecular weight excluding hydrogens is 252 g/mol. The molecular formula is C17H24O3. The Morgan fingerprint density at radius 1 is 1.40 bits per heavy atom. The molecule has 20 heavy (non-hydrogen) atoms. The molecule has 1 aromatic carbocycles. The number of methoxy groups -OCH3 is 2. The van der Waals surface area contributed by atoms with Crippen LogP contribution in [0.2, 0.25) is 0 Å². The lowest BCUT2D eigenvalue weighted by molar-refractivity contribution is -0.146. The van der Waals surface area contributed by atoms with E-state index in [4.69, 9.17) is 9.47 Å². The molecule has 2 unspecified atom stereocenters. The molecule has 2 rings (SSSR count). The van der Waals surface area contributed by atoms with Gasteiger partial charge >= 0.3 is 0 Å². The lowest BCUT2D eigenvalue weighted by Gasteiger charge is -2.37. The topological polar surface area (TPSA) is 35.5 Å². The van der Waals surface area contributed by atoms with Crippen molar-refractivity contribution >= 4 is 5.78 Å². The molecule has 0 N–H and O–H groups in total. The molecule has 0 aromatic heterocycles. The van der Waals surface area contributed by atoms with Crippen LogP contribution in [0.5, 0.6) is 5.75 Å². The van der Waals surface area contributed by atoms with Crippen molar-refractivity contribution in [3.63, 3.8) is 0 Å². The molecule has 3 heteroatoms. The van der Waals surface area contributed by atoms with E-state index in [1.54, 1.807) is 14.2 Å². The van der Waals surface area contributed by atoms with E-state index in [9.17, 15) is 4.79 Å². The Morgan fingerprint density at radius 3 is 2.85 bits per heavy atom. The highest BCUT2D eigenvalue weighted by Crippen LogP contribution is 2.36. The fraction of sp³-hybridized carbons (Fsp3) is 0.588. The molecule has 1 aliphatic carbocycles. The first-order valence-corrected chi connectivity index (χ1v) is 7.31. The van der Waals surface area contributed by atoms with E-state index < -0.39 is 5.60 Å². The maximum atomic E-state index is 12.7. The third-order valence-corrected chi connectivity index (χ3v) is 4.35. The van der Waals surface area contributed by atoms with Crippen LogP contribution in [-0.2, 0) is 16.0 Å². The van der Waals surface area contributed by atoms with Gasteiger partial charge in [-0.25, -0.2) is 0 Å². The Morgan fingerprint density at radius 2 is 2.20 bits per heavy atom. The average Bonchev–Trinajstić information content (AvgIpc) is 2.47. The summed E-state index contributed by atoms with van der Waals surface area (Å²) in [5, 5.41) is 0. The Bertz CT molecular complexity index is 469. The van der Waals surface area contributed by atoms with Gasteiger partial charge in [-0.2, -0.15) is 0 Å². The minimum absolute atomic E-state index is 0.194. The van der Waals surface area contributed by atoms with E-state index in [0.29, 0.717) is 12.3 Å². The Balaban J connectivity index is 2.12. The lowest BCUT2D eigenvalue weighted by Crippen LogP contribution is -2.45. The summed E-state index contributed by atoms with van der Waals surface area (Å²) in [6, 6.07) is 7.71. The smallest absolute Gasteiger partial charge is 0.168 e. The minimum Gasteiger partial charge on any atom is -0.497 e. The molecule has 0 heterocycles. The number of rotatable bonds is 5. The average molecular weight is 276 g/mol. The Kier molecular flexibility index (Phi) is 4.81. The molecule has 1 saturated carbocycles. The first-order valence-electron chi connectivity index (χ1n) is 7.31. The number of carbonyl (C=O) groups is 1. The van der Waals surface area contributed by atoms with Crippen molar-refractivity contribution in [2.24, 2.45) is 5.92 Å². The summed E-state index contributed by atoms with van der Waals surface area (Å²) >= 11 is 0. The van der Waals surface area contributed by atoms with Crippen LogP contribution in [0, 0.1) is 5.92 Å². The van der Waals surface area contributed by atoms with Gasteiger partial charge < -0.3 is 9.47 Å². The molecule has 0 aliphatic heterocycles. The van der Waals surface area contributed by atoms with Crippen molar-refractivity contribution in [1.82, 2.24) is 0 Å². The Hall–Kier alpha value is -1.35. The van der Waals surface area contributed by atoms with Crippen LogP contribution in [-0.4, -0.2) is 25.6 Å². The SMILES string of the molecule is COc1cccc(CC(=O)C2(OC)CCCC(C)C2)c1. The normalized spacial score (nSPS) is 26.2. The number of Topliss-reactive ketones (excluding diaryl/α,β-unsaturated/α-hetero) is 1. The maximum absolute atomic E-state index is 12.7. The fourth-order valence-electron chi connectivity index (χ4n) is 3.18. The molecule has 0 bridgehead atoms. The zero-order valence-corrected chi connectivity index (χ0v) is 12.6. The molecule has 1 aromatic rings. The molecule has 1 fully saturated rings. The van der Waals surface area contributed by atoms with Gasteiger partial charge in [0.2, 0.25) is 0 Å². The summed E-state index contributed by atoms with van der Waals surface area (Å²) in [4.78, 5) is 12.7. The van der Waals surface area contributed by atoms with Crippen LogP contribution >= 0.6 is 0 Å². The van der Waals surface area contributed by atoms with E-state index in [-0.39, 0.29) is 5.78 Å². The van der Waals surface area contributed by atoms with E-state index in [1.807, 2.05) is 24.3 Å². The van der Waals surface area contributed by atoms with Gasteiger partial charge in [0.05, 0.1) is 7.11 Å². The van der Waals surface area contributed by atoms with Gasteiger partial charge in [0.1, 0.15) is 11.4 Å². The first-order chi connectivity index (χ1) is 9.59. The summed E-state index contributed by atoms with van der Waals surface area (Å²) in [5.74, 6) is 1.54. The van der Waals surface area contributed by atoms with Crippen LogP contribution in [0.4, 0.5) is 0 Å². The monoisotopic (exact) mass is 276 g/mol. The zero-order valence-electron chi connectivity index (χ0n) is 12.6. The maximum Gasteiger partial charge on any atom is 0.168 e. The van der Waals surface area contributed by atoms with Gasteiger partial charge in [0.15, 0.2) is 5.78 Å². The van der Waals surface area contributed by atoms with Crippen LogP contribution in [0.3, 0.4) is 0 Å². The van der Waals surface area contributed by atoms with Crippen molar-refractivity contribution in [2.75, 3.05) is 14.2 Å². The standard InChI is InChI=1S/C17H24O3/c1-13-6-5-9-17(12-13,20-3)16(18)11-14-7-4-8-15(10-14)19-2/h4,7-8,10,13H,5-6,9,11-12H2,1-3H3. The van der Waals surface area contributed by atoms with Gasteiger partial charge in [0, 0.05) is 13.5 Å². The highest BCUT2D eigenvalue weighted by Gasteiger charge is 2.41. The molecule has 0 radical (unpaired) electrons. The molecule has 0 spiro atoms. The molecule has 110 valence electrons. The van der Waals surface area contributed by atoms with Crippen LogP contribution in [0.1, 0.15) is 38.2 Å². The zero-order chi connectivity index (χ0) is 14.6. The molecule has 0 amide bonds. The second kappa shape index (κ2) is 6.40. The second-order valence-corrected chi connectivity index (χ2v) is 5.85. The molecule has 2 atom stereocenters. The van der Waals surface area contributed by atoms with Gasteiger partial charge in [-0.15, -0.1) is 0 Å². The van der Waals surface area contributed by atoms with E-state index in [2.05, 4.69) is 6.92 Å². The fourth-order valence-corrected chi connectivity index (χ4v) is 3.18. The van der Waals surface area contributed by atoms with Crippen molar-refractivity contribution < 1.29 is 14.3 Å². The van der Waals surface area contributed by atoms with Crippen molar-refractivity contribution in [2.45, 2.75) is 44.6 Å². The quantitative estimate of drug-likeness (QED) is 0.827. The third kappa shape index (κ3) is 3.21. The number of benzene rings is 1. The van der Waals surface area contributed by atoms with Gasteiger partial charge in [-0.1, -0.05) is 25.5 Å². The summed E-state index contributed by atoms with van der Waals surface area (Å²) < 4.78 is 10.9. The summed E-state index contributed by atoms with van der Waals surface area (Å²) in [6.45, 7) is 2.20. The summed E-state index contributed by atoms with van der Waals surface area (Å²) in [5.41, 5.74) is 0.407. The number of ketones is 1. The van der Waals surface area contributed by atoms with E-state index in [0.717, 1.165) is 30.6 Å². The van der Waals surface area contributed by atoms with Gasteiger partial charge in [-0.3, -0.25) is 4.79 Å². The largest absolute Gasteiger partial charge is 0.497 e. The van der Waals surface area contributed by atoms with Crippen LogP contribution in [0.15, 0.2) is 24.3 Å². The molecule has 0 saturated heterocycles. The van der Waals surface area contributed by atoms with Crippen molar-refractivity contribution in [3.05, 3.63) is 29.8 Å². The lowest BCUT2D eigenvalue weighted by atomic mass is 9.75. The number of hydrogen-bond donors (Lipinski definition) is 0. The minimum atomic E-state index is -0.583. The highest BCUT2D eigenvalue weighted by molar-refractivity contribution is 5.89. The van der Waals surface area contributed by atoms with Crippen LogP contribution < -0.4 is 4.74 Å². The van der Waals surface area contributed by atoms with E-state index in [1.165, 1.54) is 6.42 Å². The third-order valence-electron chi connectivity index (χ3n) is 4.35. The Labute approximate surface area is 121 Å². The number of ether oxygens (including phenoxy) is 2.